The Kier molecular flexibility index (Phi) is 3.73. The van der Waals surface area contributed by atoms with Crippen molar-refractivity contribution < 1.29 is 12.6 Å². The summed E-state index contributed by atoms with van der Waals surface area (Å²) < 4.78 is 31.0. The third-order valence-corrected chi connectivity index (χ3v) is 4.14. The van der Waals surface area contributed by atoms with Crippen LogP contribution in [0.15, 0.2) is 44.9 Å². The van der Waals surface area contributed by atoms with Crippen LogP contribution < -0.4 is 15.4 Å². The lowest BCUT2D eigenvalue weighted by atomic mass is 10.2. The maximum absolute atomic E-state index is 12.2. The fourth-order valence-corrected chi connectivity index (χ4v) is 2.80. The van der Waals surface area contributed by atoms with Crippen LogP contribution in [0.3, 0.4) is 0 Å². The molecule has 0 unspecified atom stereocenters. The Morgan fingerprint density at radius 3 is 2.19 bits per heavy atom. The van der Waals surface area contributed by atoms with E-state index in [0.29, 0.717) is 4.57 Å². The topological polar surface area (TPSA) is 87.4 Å². The summed E-state index contributed by atoms with van der Waals surface area (Å²) in [6, 6.07) is 6.34. The van der Waals surface area contributed by atoms with Crippen LogP contribution in [0.2, 0.25) is 0 Å². The maximum Gasteiger partial charge on any atom is 0.346 e. The van der Waals surface area contributed by atoms with Crippen molar-refractivity contribution in [2.45, 2.75) is 11.8 Å². The van der Waals surface area contributed by atoms with Gasteiger partial charge in [0.2, 0.25) is 0 Å². The van der Waals surface area contributed by atoms with E-state index in [-0.39, 0.29) is 5.75 Å². The minimum Gasteiger partial charge on any atom is -0.379 e. The van der Waals surface area contributed by atoms with Gasteiger partial charge in [0.1, 0.15) is 5.75 Å². The van der Waals surface area contributed by atoms with Gasteiger partial charge in [-0.3, -0.25) is 9.36 Å². The average Bonchev–Trinajstić information content (AvgIpc) is 2.42. The molecule has 1 heterocycles. The quantitative estimate of drug-likeness (QED) is 0.754. The van der Waals surface area contributed by atoms with E-state index >= 15 is 0 Å². The molecule has 0 saturated carbocycles. The summed E-state index contributed by atoms with van der Waals surface area (Å²) in [6.07, 6.45) is 0.953. The molecule has 0 aliphatic heterocycles. The molecule has 8 heteroatoms. The van der Waals surface area contributed by atoms with Crippen LogP contribution in [-0.4, -0.2) is 17.6 Å². The number of rotatable bonds is 3. The molecule has 0 aliphatic rings. The third kappa shape index (κ3) is 2.89. The number of nitrogens with zero attached hydrogens (tertiary/aromatic N) is 2. The first-order chi connectivity index (χ1) is 9.72. The van der Waals surface area contributed by atoms with E-state index in [1.807, 2.05) is 6.92 Å². The third-order valence-electron chi connectivity index (χ3n) is 2.91. The molecule has 0 saturated heterocycles. The molecule has 1 aromatic carbocycles. The number of hydrogen-bond acceptors (Lipinski definition) is 5. The highest BCUT2D eigenvalue weighted by molar-refractivity contribution is 7.87. The molecule has 2 aromatic rings. The Labute approximate surface area is 121 Å². The minimum atomic E-state index is -4.31. The smallest absolute Gasteiger partial charge is 0.346 e. The first kappa shape index (κ1) is 15.0. The second-order valence-electron chi connectivity index (χ2n) is 4.60. The monoisotopic (exact) mass is 310 g/mol. The van der Waals surface area contributed by atoms with Gasteiger partial charge in [0.05, 0.1) is 0 Å². The van der Waals surface area contributed by atoms with E-state index in [9.17, 15) is 18.0 Å². The van der Waals surface area contributed by atoms with Crippen LogP contribution >= 0.6 is 0 Å². The normalized spacial score (nSPS) is 11.4. The van der Waals surface area contributed by atoms with Crippen molar-refractivity contribution in [3.8, 4) is 5.75 Å². The molecule has 0 bridgehead atoms. The average molecular weight is 310 g/mol. The summed E-state index contributed by atoms with van der Waals surface area (Å²) in [7, 11) is -1.75. The van der Waals surface area contributed by atoms with Gasteiger partial charge in [0.15, 0.2) is 4.90 Å². The summed E-state index contributed by atoms with van der Waals surface area (Å²) in [5.74, 6) is 0.0940. The molecule has 0 amide bonds. The van der Waals surface area contributed by atoms with Crippen LogP contribution in [0.1, 0.15) is 5.56 Å². The molecule has 0 fully saturated rings. The highest BCUT2D eigenvalue weighted by atomic mass is 32.2. The van der Waals surface area contributed by atoms with E-state index in [2.05, 4.69) is 0 Å². The molecule has 0 N–H and O–H groups in total. The Balaban J connectivity index is 2.53. The van der Waals surface area contributed by atoms with Crippen LogP contribution in [-0.2, 0) is 24.2 Å². The Bertz CT molecular complexity index is 892. The molecule has 0 spiro atoms. The van der Waals surface area contributed by atoms with E-state index in [4.69, 9.17) is 4.18 Å². The standard InChI is InChI=1S/C13H14N2O5S/c1-9-4-6-10(7-5-9)20-21(18,19)11-8-14(2)13(17)15(3)12(11)16/h4-8H,1-3H3. The van der Waals surface area contributed by atoms with Crippen molar-refractivity contribution in [3.05, 3.63) is 56.9 Å². The van der Waals surface area contributed by atoms with Crippen LogP contribution in [0.5, 0.6) is 5.75 Å². The van der Waals surface area contributed by atoms with Gasteiger partial charge < -0.3 is 8.75 Å². The molecule has 21 heavy (non-hydrogen) atoms. The van der Waals surface area contributed by atoms with Gasteiger partial charge in [-0.05, 0) is 19.1 Å². The Morgan fingerprint density at radius 2 is 1.62 bits per heavy atom. The summed E-state index contributed by atoms with van der Waals surface area (Å²) in [5.41, 5.74) is -0.600. The van der Waals surface area contributed by atoms with E-state index in [1.165, 1.54) is 26.2 Å². The van der Waals surface area contributed by atoms with Crippen LogP contribution in [0.25, 0.3) is 0 Å². The minimum absolute atomic E-state index is 0.0940. The van der Waals surface area contributed by atoms with Gasteiger partial charge in [-0.2, -0.15) is 8.42 Å². The van der Waals surface area contributed by atoms with Crippen molar-refractivity contribution >= 4 is 10.1 Å². The largest absolute Gasteiger partial charge is 0.379 e. The summed E-state index contributed by atoms with van der Waals surface area (Å²) >= 11 is 0. The first-order valence-electron chi connectivity index (χ1n) is 6.00. The SMILES string of the molecule is Cc1ccc(OS(=O)(=O)c2cn(C)c(=O)n(C)c2=O)cc1. The van der Waals surface area contributed by atoms with Gasteiger partial charge in [-0.15, -0.1) is 0 Å². The zero-order chi connectivity index (χ0) is 15.8. The predicted molar refractivity (Wildman–Crippen MR) is 75.9 cm³/mol. The van der Waals surface area contributed by atoms with Crippen molar-refractivity contribution in [2.24, 2.45) is 14.1 Å². The molecular formula is C13H14N2O5S. The van der Waals surface area contributed by atoms with Crippen molar-refractivity contribution in [1.29, 1.82) is 0 Å². The number of benzene rings is 1. The fourth-order valence-electron chi connectivity index (χ4n) is 1.71. The lowest BCUT2D eigenvalue weighted by molar-refractivity contribution is 0.480. The summed E-state index contributed by atoms with van der Waals surface area (Å²) in [4.78, 5) is 22.9. The maximum atomic E-state index is 12.2. The van der Waals surface area contributed by atoms with Crippen molar-refractivity contribution in [2.75, 3.05) is 0 Å². The molecule has 112 valence electrons. The van der Waals surface area contributed by atoms with Gasteiger partial charge in [-0.25, -0.2) is 4.79 Å². The van der Waals surface area contributed by atoms with E-state index in [0.717, 1.165) is 16.3 Å². The zero-order valence-electron chi connectivity index (χ0n) is 11.7. The molecule has 0 radical (unpaired) electrons. The molecule has 7 nitrogen and oxygen atoms in total. The van der Waals surface area contributed by atoms with Gasteiger partial charge >= 0.3 is 15.8 Å². The number of hydrogen-bond donors (Lipinski definition) is 0. The first-order valence-corrected chi connectivity index (χ1v) is 7.41. The fraction of sp³-hybridized carbons (Fsp3) is 0.231. The summed E-state index contributed by atoms with van der Waals surface area (Å²) in [5, 5.41) is 0. The predicted octanol–water partition coefficient (Wildman–Crippen LogP) is 0.160. The van der Waals surface area contributed by atoms with Gasteiger partial charge in [-0.1, -0.05) is 17.7 Å². The lowest BCUT2D eigenvalue weighted by Gasteiger charge is -2.09. The molecule has 0 atom stereocenters. The Hall–Kier alpha value is -2.35. The molecular weight excluding hydrogens is 296 g/mol. The van der Waals surface area contributed by atoms with Crippen molar-refractivity contribution in [1.82, 2.24) is 9.13 Å². The van der Waals surface area contributed by atoms with Crippen molar-refractivity contribution in [3.63, 3.8) is 0 Å². The highest BCUT2D eigenvalue weighted by Crippen LogP contribution is 2.16. The van der Waals surface area contributed by atoms with E-state index in [1.54, 1.807) is 12.1 Å². The highest BCUT2D eigenvalue weighted by Gasteiger charge is 2.23. The van der Waals surface area contributed by atoms with E-state index < -0.39 is 26.3 Å². The second-order valence-corrected chi connectivity index (χ2v) is 6.12. The second kappa shape index (κ2) is 5.21. The molecule has 1 aromatic heterocycles. The van der Waals surface area contributed by atoms with Crippen LogP contribution in [0, 0.1) is 6.92 Å². The van der Waals surface area contributed by atoms with Gasteiger partial charge in [0.25, 0.3) is 5.56 Å². The molecule has 2 rings (SSSR count). The summed E-state index contributed by atoms with van der Waals surface area (Å²) in [6.45, 7) is 1.85. The zero-order valence-corrected chi connectivity index (χ0v) is 12.5. The number of aromatic nitrogens is 2. The molecule has 0 aliphatic carbocycles. The lowest BCUT2D eigenvalue weighted by Crippen LogP contribution is -2.39. The Morgan fingerprint density at radius 1 is 1.05 bits per heavy atom. The van der Waals surface area contributed by atoms with Gasteiger partial charge in [0, 0.05) is 20.3 Å². The number of aryl methyl sites for hydroxylation is 2. The van der Waals surface area contributed by atoms with Crippen LogP contribution in [0.4, 0.5) is 0 Å².